The maximum Gasteiger partial charge on any atom is 0.147 e. The zero-order valence-corrected chi connectivity index (χ0v) is 18.1. The summed E-state index contributed by atoms with van der Waals surface area (Å²) in [5, 5.41) is 7.94. The SMILES string of the molecule is COc1ccc2c(c1)C(Nc1ccc3c(NCCCS(C)(=O)=O)cccc3n1)CC2. The van der Waals surface area contributed by atoms with E-state index in [4.69, 9.17) is 9.72 Å². The fourth-order valence-electron chi connectivity index (χ4n) is 3.98. The quantitative estimate of drug-likeness (QED) is 0.527. The van der Waals surface area contributed by atoms with Crippen molar-refractivity contribution < 1.29 is 13.2 Å². The van der Waals surface area contributed by atoms with Gasteiger partial charge in [0.05, 0.1) is 24.4 Å². The van der Waals surface area contributed by atoms with E-state index in [0.29, 0.717) is 13.0 Å². The van der Waals surface area contributed by atoms with Crippen LogP contribution < -0.4 is 15.4 Å². The van der Waals surface area contributed by atoms with Gasteiger partial charge in [0.2, 0.25) is 0 Å². The van der Waals surface area contributed by atoms with Gasteiger partial charge in [-0.1, -0.05) is 12.1 Å². The molecule has 4 rings (SSSR count). The Bertz CT molecular complexity index is 1160. The summed E-state index contributed by atoms with van der Waals surface area (Å²) < 4.78 is 28.0. The van der Waals surface area contributed by atoms with Crippen molar-refractivity contribution >= 4 is 32.2 Å². The smallest absolute Gasteiger partial charge is 0.147 e. The number of hydrogen-bond acceptors (Lipinski definition) is 6. The molecule has 158 valence electrons. The van der Waals surface area contributed by atoms with Crippen LogP contribution in [0.25, 0.3) is 10.9 Å². The predicted octanol–water partition coefficient (Wildman–Crippen LogP) is 4.19. The number of benzene rings is 2. The van der Waals surface area contributed by atoms with E-state index in [-0.39, 0.29) is 11.8 Å². The first-order chi connectivity index (χ1) is 14.4. The lowest BCUT2D eigenvalue weighted by atomic mass is 10.1. The Morgan fingerprint density at radius 1 is 1.17 bits per heavy atom. The molecule has 1 aliphatic carbocycles. The summed E-state index contributed by atoms with van der Waals surface area (Å²) in [6.45, 7) is 0.604. The van der Waals surface area contributed by atoms with Gasteiger partial charge in [-0.05, 0) is 66.8 Å². The number of nitrogens with one attached hydrogen (secondary N) is 2. The number of methoxy groups -OCH3 is 1. The third-order valence-corrected chi connectivity index (χ3v) is 6.52. The first-order valence-electron chi connectivity index (χ1n) is 10.2. The number of fused-ring (bicyclic) bond motifs is 2. The summed E-state index contributed by atoms with van der Waals surface area (Å²) in [7, 11) is -1.24. The Kier molecular flexibility index (Phi) is 5.81. The van der Waals surface area contributed by atoms with Crippen LogP contribution in [0, 0.1) is 0 Å². The minimum atomic E-state index is -2.93. The first kappa shape index (κ1) is 20.5. The van der Waals surface area contributed by atoms with E-state index in [1.54, 1.807) is 7.11 Å². The van der Waals surface area contributed by atoms with Crippen LogP contribution in [-0.2, 0) is 16.3 Å². The minimum Gasteiger partial charge on any atom is -0.497 e. The zero-order valence-electron chi connectivity index (χ0n) is 17.3. The van der Waals surface area contributed by atoms with Crippen molar-refractivity contribution in [2.24, 2.45) is 0 Å². The maximum absolute atomic E-state index is 11.3. The summed E-state index contributed by atoms with van der Waals surface area (Å²) in [4.78, 5) is 4.80. The van der Waals surface area contributed by atoms with E-state index in [1.807, 2.05) is 30.3 Å². The number of aryl methyl sites for hydroxylation is 1. The number of sulfone groups is 1. The van der Waals surface area contributed by atoms with E-state index in [2.05, 4.69) is 28.8 Å². The van der Waals surface area contributed by atoms with Crippen molar-refractivity contribution in [3.8, 4) is 5.75 Å². The molecule has 30 heavy (non-hydrogen) atoms. The van der Waals surface area contributed by atoms with Crippen molar-refractivity contribution in [1.82, 2.24) is 4.98 Å². The van der Waals surface area contributed by atoms with Gasteiger partial charge in [0.15, 0.2) is 0 Å². The van der Waals surface area contributed by atoms with Crippen LogP contribution in [-0.4, -0.2) is 39.1 Å². The van der Waals surface area contributed by atoms with E-state index in [9.17, 15) is 8.42 Å². The van der Waals surface area contributed by atoms with Gasteiger partial charge in [0.25, 0.3) is 0 Å². The molecule has 0 spiro atoms. The highest BCUT2D eigenvalue weighted by molar-refractivity contribution is 7.90. The van der Waals surface area contributed by atoms with Crippen LogP contribution in [0.15, 0.2) is 48.5 Å². The molecule has 1 heterocycles. The van der Waals surface area contributed by atoms with Gasteiger partial charge in [-0.25, -0.2) is 13.4 Å². The standard InChI is InChI=1S/C23H27N3O3S/c1-29-17-9-7-16-8-11-22(19(16)15-17)26-23-12-10-18-20(5-3-6-21(18)25-23)24-13-4-14-30(2,27)28/h3,5-7,9-10,12,15,22,24H,4,8,11,13-14H2,1-2H3,(H,25,26). The molecule has 0 aliphatic heterocycles. The Hall–Kier alpha value is -2.80. The van der Waals surface area contributed by atoms with Crippen molar-refractivity contribution in [1.29, 1.82) is 0 Å². The lowest BCUT2D eigenvalue weighted by Gasteiger charge is -2.16. The summed E-state index contributed by atoms with van der Waals surface area (Å²) in [5.74, 6) is 1.91. The third kappa shape index (κ3) is 4.67. The molecule has 0 amide bonds. The lowest BCUT2D eigenvalue weighted by molar-refractivity contribution is 0.414. The fraction of sp³-hybridized carbons (Fsp3) is 0.348. The number of pyridine rings is 1. The molecule has 0 saturated heterocycles. The molecule has 0 bridgehead atoms. The molecule has 3 aromatic rings. The van der Waals surface area contributed by atoms with Gasteiger partial charge < -0.3 is 15.4 Å². The van der Waals surface area contributed by atoms with Gasteiger partial charge in [-0.2, -0.15) is 0 Å². The number of hydrogen-bond donors (Lipinski definition) is 2. The molecular formula is C23H27N3O3S. The van der Waals surface area contributed by atoms with Gasteiger partial charge in [0, 0.05) is 23.9 Å². The monoisotopic (exact) mass is 425 g/mol. The number of nitrogens with zero attached hydrogens (tertiary/aromatic N) is 1. The molecule has 1 aliphatic rings. The molecule has 6 nitrogen and oxygen atoms in total. The molecule has 7 heteroatoms. The molecule has 1 atom stereocenters. The van der Waals surface area contributed by atoms with Crippen LogP contribution in [0.3, 0.4) is 0 Å². The normalized spacial score (nSPS) is 15.7. The first-order valence-corrected chi connectivity index (χ1v) is 12.2. The predicted molar refractivity (Wildman–Crippen MR) is 122 cm³/mol. The second kappa shape index (κ2) is 8.52. The van der Waals surface area contributed by atoms with E-state index >= 15 is 0 Å². The van der Waals surface area contributed by atoms with Gasteiger partial charge in [-0.3, -0.25) is 0 Å². The molecule has 0 radical (unpaired) electrons. The van der Waals surface area contributed by atoms with Crippen LogP contribution >= 0.6 is 0 Å². The minimum absolute atomic E-state index is 0.185. The van der Waals surface area contributed by atoms with Gasteiger partial charge in [-0.15, -0.1) is 0 Å². The molecule has 0 fully saturated rings. The summed E-state index contributed by atoms with van der Waals surface area (Å²) in [6.07, 6.45) is 3.92. The van der Waals surface area contributed by atoms with Crippen LogP contribution in [0.4, 0.5) is 11.5 Å². The Labute approximate surface area is 177 Å². The number of ether oxygens (including phenoxy) is 1. The number of aromatic nitrogens is 1. The molecule has 2 aromatic carbocycles. The van der Waals surface area contributed by atoms with Crippen LogP contribution in [0.1, 0.15) is 30.0 Å². The highest BCUT2D eigenvalue weighted by atomic mass is 32.2. The van der Waals surface area contributed by atoms with Crippen molar-refractivity contribution in [3.05, 3.63) is 59.7 Å². The molecule has 1 aromatic heterocycles. The average Bonchev–Trinajstić information content (AvgIpc) is 3.12. The van der Waals surface area contributed by atoms with Crippen molar-refractivity contribution in [2.75, 3.05) is 36.3 Å². The molecule has 2 N–H and O–H groups in total. The number of anilines is 2. The van der Waals surface area contributed by atoms with E-state index in [0.717, 1.165) is 41.0 Å². The molecule has 0 saturated carbocycles. The summed E-state index contributed by atoms with van der Waals surface area (Å²) >= 11 is 0. The highest BCUT2D eigenvalue weighted by Crippen LogP contribution is 2.36. The van der Waals surface area contributed by atoms with Gasteiger partial charge >= 0.3 is 0 Å². The topological polar surface area (TPSA) is 80.3 Å². The number of rotatable bonds is 8. The molecule has 1 unspecified atom stereocenters. The molecular weight excluding hydrogens is 398 g/mol. The van der Waals surface area contributed by atoms with E-state index < -0.39 is 9.84 Å². The Morgan fingerprint density at radius 3 is 2.83 bits per heavy atom. The Morgan fingerprint density at radius 2 is 2.03 bits per heavy atom. The lowest BCUT2D eigenvalue weighted by Crippen LogP contribution is -2.10. The van der Waals surface area contributed by atoms with Crippen molar-refractivity contribution in [2.45, 2.75) is 25.3 Å². The second-order valence-electron chi connectivity index (χ2n) is 7.78. The average molecular weight is 426 g/mol. The van der Waals surface area contributed by atoms with Crippen LogP contribution in [0.2, 0.25) is 0 Å². The summed E-state index contributed by atoms with van der Waals surface area (Å²) in [6, 6.07) is 16.5. The van der Waals surface area contributed by atoms with Crippen molar-refractivity contribution in [3.63, 3.8) is 0 Å². The van der Waals surface area contributed by atoms with Gasteiger partial charge in [0.1, 0.15) is 21.4 Å². The van der Waals surface area contributed by atoms with E-state index in [1.165, 1.54) is 17.4 Å². The maximum atomic E-state index is 11.3. The largest absolute Gasteiger partial charge is 0.497 e. The Balaban J connectivity index is 1.49. The highest BCUT2D eigenvalue weighted by Gasteiger charge is 2.23. The third-order valence-electron chi connectivity index (χ3n) is 5.49. The fourth-order valence-corrected chi connectivity index (χ4v) is 4.65. The second-order valence-corrected chi connectivity index (χ2v) is 10.0. The summed E-state index contributed by atoms with van der Waals surface area (Å²) in [5.41, 5.74) is 4.50. The van der Waals surface area contributed by atoms with Crippen LogP contribution in [0.5, 0.6) is 5.75 Å². The zero-order chi connectivity index (χ0) is 21.1.